The third kappa shape index (κ3) is 3.06. The lowest BCUT2D eigenvalue weighted by Gasteiger charge is -2.30. The van der Waals surface area contributed by atoms with Crippen LogP contribution in [-0.4, -0.2) is 28.2 Å². The number of H-pyrrole nitrogens is 1. The van der Waals surface area contributed by atoms with Crippen molar-refractivity contribution in [2.45, 2.75) is 32.2 Å². The van der Waals surface area contributed by atoms with Crippen LogP contribution in [0.3, 0.4) is 0 Å². The number of aliphatic hydroxyl groups excluding tert-OH is 1. The average Bonchev–Trinajstić information content (AvgIpc) is 2.83. The summed E-state index contributed by atoms with van der Waals surface area (Å²) < 4.78 is 0. The van der Waals surface area contributed by atoms with E-state index >= 15 is 0 Å². The van der Waals surface area contributed by atoms with Crippen molar-refractivity contribution in [2.24, 2.45) is 11.8 Å². The van der Waals surface area contributed by atoms with E-state index in [0.29, 0.717) is 18.4 Å². The van der Waals surface area contributed by atoms with Crippen molar-refractivity contribution in [3.63, 3.8) is 0 Å². The minimum absolute atomic E-state index is 0.344. The molecule has 0 aliphatic heterocycles. The molecule has 1 aliphatic rings. The van der Waals surface area contributed by atoms with Crippen molar-refractivity contribution >= 4 is 0 Å². The van der Waals surface area contributed by atoms with Crippen LogP contribution in [0.5, 0.6) is 0 Å². The maximum Gasteiger partial charge on any atom is 0.0922 e. The van der Waals surface area contributed by atoms with Gasteiger partial charge in [0.25, 0.3) is 0 Å². The Bertz CT molecular complexity index is 286. The molecule has 0 spiro atoms. The van der Waals surface area contributed by atoms with Gasteiger partial charge in [0.05, 0.1) is 6.33 Å². The molecule has 90 valence electrons. The Morgan fingerprint density at radius 1 is 1.38 bits per heavy atom. The van der Waals surface area contributed by atoms with Crippen LogP contribution in [0.25, 0.3) is 0 Å². The van der Waals surface area contributed by atoms with Gasteiger partial charge in [-0.05, 0) is 31.2 Å². The lowest BCUT2D eigenvalue weighted by molar-refractivity contribution is 0.133. The van der Waals surface area contributed by atoms with Gasteiger partial charge in [-0.3, -0.25) is 0 Å². The van der Waals surface area contributed by atoms with Crippen LogP contribution in [0, 0.1) is 11.8 Å². The highest BCUT2D eigenvalue weighted by Gasteiger charge is 2.23. The number of aromatic amines is 1. The monoisotopic (exact) mass is 223 g/mol. The summed E-state index contributed by atoms with van der Waals surface area (Å²) in [5.74, 6) is 1.14. The molecule has 0 amide bonds. The van der Waals surface area contributed by atoms with Crippen LogP contribution in [0.2, 0.25) is 0 Å². The van der Waals surface area contributed by atoms with E-state index in [1.807, 2.05) is 6.20 Å². The highest BCUT2D eigenvalue weighted by atomic mass is 16.3. The Morgan fingerprint density at radius 2 is 2.19 bits per heavy atom. The topological polar surface area (TPSA) is 60.9 Å². The van der Waals surface area contributed by atoms with E-state index < -0.39 is 0 Å². The molecule has 0 saturated heterocycles. The lowest BCUT2D eigenvalue weighted by atomic mass is 9.79. The molecule has 2 unspecified atom stereocenters. The summed E-state index contributed by atoms with van der Waals surface area (Å²) in [6.45, 7) is 2.19. The van der Waals surface area contributed by atoms with Crippen molar-refractivity contribution in [3.05, 3.63) is 18.2 Å². The fourth-order valence-electron chi connectivity index (χ4n) is 2.57. The van der Waals surface area contributed by atoms with E-state index in [-0.39, 0.29) is 0 Å². The highest BCUT2D eigenvalue weighted by Crippen LogP contribution is 2.29. The van der Waals surface area contributed by atoms with Gasteiger partial charge in [-0.25, -0.2) is 4.98 Å². The predicted octanol–water partition coefficient (Wildman–Crippen LogP) is 1.30. The third-order valence-corrected chi connectivity index (χ3v) is 3.58. The number of aromatic nitrogens is 2. The normalized spacial score (nSPS) is 25.8. The molecule has 1 saturated carbocycles. The van der Waals surface area contributed by atoms with Crippen LogP contribution >= 0.6 is 0 Å². The number of imidazole rings is 1. The summed E-state index contributed by atoms with van der Waals surface area (Å²) in [7, 11) is 0. The zero-order chi connectivity index (χ0) is 11.2. The van der Waals surface area contributed by atoms with E-state index in [4.69, 9.17) is 0 Å². The summed E-state index contributed by atoms with van der Waals surface area (Å²) in [6.07, 6.45) is 8.58. The van der Waals surface area contributed by atoms with Crippen LogP contribution in [0.4, 0.5) is 0 Å². The van der Waals surface area contributed by atoms with Gasteiger partial charge in [0.1, 0.15) is 0 Å². The van der Waals surface area contributed by atoms with E-state index in [9.17, 15) is 5.11 Å². The molecule has 1 aromatic heterocycles. The van der Waals surface area contributed by atoms with Gasteiger partial charge >= 0.3 is 0 Å². The number of nitrogens with one attached hydrogen (secondary N) is 2. The van der Waals surface area contributed by atoms with E-state index in [1.165, 1.54) is 25.7 Å². The fraction of sp³-hybridized carbons (Fsp3) is 0.750. The minimum atomic E-state index is 0.344. The molecule has 4 nitrogen and oxygen atoms in total. The van der Waals surface area contributed by atoms with E-state index in [1.54, 1.807) is 6.33 Å². The van der Waals surface area contributed by atoms with Gasteiger partial charge in [-0.15, -0.1) is 0 Å². The van der Waals surface area contributed by atoms with Gasteiger partial charge in [-0.2, -0.15) is 0 Å². The molecular formula is C12H21N3O. The quantitative estimate of drug-likeness (QED) is 0.705. The largest absolute Gasteiger partial charge is 0.396 e. The second-order valence-corrected chi connectivity index (χ2v) is 4.69. The van der Waals surface area contributed by atoms with E-state index in [2.05, 4.69) is 15.3 Å². The Labute approximate surface area is 96.5 Å². The number of aliphatic hydroxyl groups is 1. The molecule has 0 radical (unpaired) electrons. The van der Waals surface area contributed by atoms with Crippen molar-refractivity contribution in [1.82, 2.24) is 15.3 Å². The number of hydrogen-bond acceptors (Lipinski definition) is 3. The molecule has 1 aromatic rings. The summed E-state index contributed by atoms with van der Waals surface area (Å²) in [5.41, 5.74) is 1.12. The minimum Gasteiger partial charge on any atom is -0.396 e. The second-order valence-electron chi connectivity index (χ2n) is 4.69. The molecule has 16 heavy (non-hydrogen) atoms. The van der Waals surface area contributed by atoms with Crippen LogP contribution in [-0.2, 0) is 6.54 Å². The van der Waals surface area contributed by atoms with Crippen LogP contribution < -0.4 is 5.32 Å². The molecule has 1 aliphatic carbocycles. The number of nitrogens with zero attached hydrogens (tertiary/aromatic N) is 1. The first-order valence-electron chi connectivity index (χ1n) is 6.19. The highest BCUT2D eigenvalue weighted by molar-refractivity contribution is 4.93. The van der Waals surface area contributed by atoms with Gasteiger partial charge in [-0.1, -0.05) is 12.8 Å². The van der Waals surface area contributed by atoms with Crippen LogP contribution in [0.15, 0.2) is 12.5 Å². The molecule has 2 rings (SSSR count). The number of rotatable bonds is 5. The maximum absolute atomic E-state index is 9.30. The Balaban J connectivity index is 1.71. The molecule has 1 heterocycles. The molecule has 3 N–H and O–H groups in total. The van der Waals surface area contributed by atoms with Gasteiger partial charge in [0.15, 0.2) is 0 Å². The summed E-state index contributed by atoms with van der Waals surface area (Å²) in [6, 6.07) is 0. The molecule has 4 heteroatoms. The Morgan fingerprint density at radius 3 is 2.88 bits per heavy atom. The Kier molecular flexibility index (Phi) is 4.36. The van der Waals surface area contributed by atoms with Crippen molar-refractivity contribution in [3.8, 4) is 0 Å². The Hall–Kier alpha value is -0.870. The summed E-state index contributed by atoms with van der Waals surface area (Å²) in [5, 5.41) is 12.7. The molecule has 2 atom stereocenters. The maximum atomic E-state index is 9.30. The smallest absolute Gasteiger partial charge is 0.0922 e. The average molecular weight is 223 g/mol. The first-order chi connectivity index (χ1) is 7.90. The molecule has 1 fully saturated rings. The van der Waals surface area contributed by atoms with Crippen LogP contribution in [0.1, 0.15) is 31.4 Å². The van der Waals surface area contributed by atoms with Gasteiger partial charge in [0.2, 0.25) is 0 Å². The zero-order valence-corrected chi connectivity index (χ0v) is 9.65. The summed E-state index contributed by atoms with van der Waals surface area (Å²) >= 11 is 0. The third-order valence-electron chi connectivity index (χ3n) is 3.58. The molecule has 0 bridgehead atoms. The summed E-state index contributed by atoms with van der Waals surface area (Å²) in [4.78, 5) is 7.06. The predicted molar refractivity (Wildman–Crippen MR) is 62.8 cm³/mol. The number of hydrogen-bond donors (Lipinski definition) is 3. The van der Waals surface area contributed by atoms with Gasteiger partial charge in [0, 0.05) is 25.0 Å². The first kappa shape index (κ1) is 11.6. The van der Waals surface area contributed by atoms with Crippen molar-refractivity contribution < 1.29 is 5.11 Å². The SMILES string of the molecule is OCC1CCCCC1CNCc1cnc[nH]1. The second kappa shape index (κ2) is 6.01. The van der Waals surface area contributed by atoms with Crippen molar-refractivity contribution in [1.29, 1.82) is 0 Å². The molecular weight excluding hydrogens is 202 g/mol. The molecule has 0 aromatic carbocycles. The van der Waals surface area contributed by atoms with Crippen molar-refractivity contribution in [2.75, 3.05) is 13.2 Å². The standard InChI is InChI=1S/C12H21N3O/c16-8-11-4-2-1-3-10(11)5-13-6-12-7-14-9-15-12/h7,9-11,13,16H,1-6,8H2,(H,14,15). The van der Waals surface area contributed by atoms with E-state index in [0.717, 1.165) is 18.8 Å². The first-order valence-corrected chi connectivity index (χ1v) is 6.19. The fourth-order valence-corrected chi connectivity index (χ4v) is 2.57. The zero-order valence-electron chi connectivity index (χ0n) is 9.65. The van der Waals surface area contributed by atoms with Gasteiger partial charge < -0.3 is 15.4 Å². The lowest BCUT2D eigenvalue weighted by Crippen LogP contribution is -2.32.